The molecular formula is C18H25N3O7S2. The molecule has 0 aromatic heterocycles. The maximum absolute atomic E-state index is 12.7. The normalized spacial score (nSPS) is 22.3. The van der Waals surface area contributed by atoms with Crippen LogP contribution < -0.4 is 9.03 Å². The summed E-state index contributed by atoms with van der Waals surface area (Å²) in [6.45, 7) is 4.32. The molecule has 0 aliphatic carbocycles. The molecule has 1 aromatic carbocycles. The number of likely N-dealkylation sites (tertiary alicyclic amines) is 1. The Morgan fingerprint density at radius 3 is 2.30 bits per heavy atom. The van der Waals surface area contributed by atoms with Crippen molar-refractivity contribution in [2.75, 3.05) is 29.8 Å². The van der Waals surface area contributed by atoms with Gasteiger partial charge in [0.2, 0.25) is 26.0 Å². The number of hydrogen-bond donors (Lipinski definition) is 1. The van der Waals surface area contributed by atoms with Crippen molar-refractivity contribution in [3.05, 3.63) is 24.3 Å². The van der Waals surface area contributed by atoms with E-state index in [2.05, 4.69) is 4.72 Å². The van der Waals surface area contributed by atoms with Crippen molar-refractivity contribution < 1.29 is 31.2 Å². The first-order valence-electron chi connectivity index (χ1n) is 9.66. The van der Waals surface area contributed by atoms with Gasteiger partial charge in [-0.2, -0.15) is 0 Å². The van der Waals surface area contributed by atoms with Crippen LogP contribution in [0.4, 0.5) is 10.5 Å². The van der Waals surface area contributed by atoms with E-state index in [0.717, 1.165) is 4.31 Å². The fourth-order valence-electron chi connectivity index (χ4n) is 3.53. The molecule has 2 fully saturated rings. The third-order valence-electron chi connectivity index (χ3n) is 5.08. The zero-order chi connectivity index (χ0) is 22.1. The maximum atomic E-state index is 12.7. The average Bonchev–Trinajstić information content (AvgIpc) is 2.89. The van der Waals surface area contributed by atoms with Crippen LogP contribution in [0.5, 0.6) is 0 Å². The lowest BCUT2D eigenvalue weighted by molar-refractivity contribution is -0.119. The molecule has 1 N–H and O–H groups in total. The number of carbonyl (C=O) groups is 2. The molecule has 0 unspecified atom stereocenters. The van der Waals surface area contributed by atoms with Gasteiger partial charge in [-0.15, -0.1) is 0 Å². The lowest BCUT2D eigenvalue weighted by Gasteiger charge is -2.31. The van der Waals surface area contributed by atoms with Crippen LogP contribution in [0.15, 0.2) is 29.2 Å². The van der Waals surface area contributed by atoms with Gasteiger partial charge in [0.1, 0.15) is 0 Å². The van der Waals surface area contributed by atoms with Crippen LogP contribution in [0, 0.1) is 5.92 Å². The summed E-state index contributed by atoms with van der Waals surface area (Å²) in [6.07, 6.45) is 0.499. The van der Waals surface area contributed by atoms with E-state index in [0.29, 0.717) is 25.9 Å². The van der Waals surface area contributed by atoms with Crippen LogP contribution >= 0.6 is 0 Å². The highest BCUT2D eigenvalue weighted by Crippen LogP contribution is 2.29. The summed E-state index contributed by atoms with van der Waals surface area (Å²) in [4.78, 5) is 25.4. The zero-order valence-electron chi connectivity index (χ0n) is 16.8. The SMILES string of the molecule is CCOC(=O)N1CCC(NS(=O)(=O)c2ccc(N3C(=O)[C@H](C)CS3(=O)=O)cc2)CC1. The molecule has 0 radical (unpaired) electrons. The van der Waals surface area contributed by atoms with Gasteiger partial charge in [-0.05, 0) is 44.0 Å². The Kier molecular flexibility index (Phi) is 6.39. The van der Waals surface area contributed by atoms with Crippen LogP contribution in [-0.4, -0.2) is 65.2 Å². The Bertz CT molecular complexity index is 1010. The van der Waals surface area contributed by atoms with E-state index in [9.17, 15) is 26.4 Å². The second-order valence-electron chi connectivity index (χ2n) is 7.36. The predicted octanol–water partition coefficient (Wildman–Crippen LogP) is 0.898. The van der Waals surface area contributed by atoms with Gasteiger partial charge in [0.15, 0.2) is 0 Å². The van der Waals surface area contributed by atoms with Crippen molar-refractivity contribution in [1.29, 1.82) is 0 Å². The van der Waals surface area contributed by atoms with Gasteiger partial charge in [-0.25, -0.2) is 30.7 Å². The molecular weight excluding hydrogens is 434 g/mol. The Balaban J connectivity index is 1.66. The van der Waals surface area contributed by atoms with Crippen LogP contribution in [0.2, 0.25) is 0 Å². The number of amides is 2. The smallest absolute Gasteiger partial charge is 0.409 e. The Morgan fingerprint density at radius 2 is 1.80 bits per heavy atom. The fraction of sp³-hybridized carbons (Fsp3) is 0.556. The molecule has 2 aliphatic heterocycles. The van der Waals surface area contributed by atoms with Gasteiger partial charge in [-0.3, -0.25) is 4.79 Å². The molecule has 12 heteroatoms. The molecule has 1 atom stereocenters. The van der Waals surface area contributed by atoms with E-state index in [1.54, 1.807) is 6.92 Å². The first-order valence-corrected chi connectivity index (χ1v) is 12.8. The summed E-state index contributed by atoms with van der Waals surface area (Å²) >= 11 is 0. The van der Waals surface area contributed by atoms with E-state index < -0.39 is 38.0 Å². The first-order chi connectivity index (χ1) is 14.0. The van der Waals surface area contributed by atoms with E-state index in [1.165, 1.54) is 36.1 Å². The molecule has 0 saturated carbocycles. The summed E-state index contributed by atoms with van der Waals surface area (Å²) in [7, 11) is -7.59. The third kappa shape index (κ3) is 4.60. The summed E-state index contributed by atoms with van der Waals surface area (Å²) in [6, 6.07) is 4.84. The summed E-state index contributed by atoms with van der Waals surface area (Å²) in [5.41, 5.74) is 0.117. The molecule has 2 saturated heterocycles. The predicted molar refractivity (Wildman–Crippen MR) is 109 cm³/mol. The number of nitrogens with one attached hydrogen (secondary N) is 1. The lowest BCUT2D eigenvalue weighted by atomic mass is 10.1. The minimum Gasteiger partial charge on any atom is -0.450 e. The van der Waals surface area contributed by atoms with Crippen molar-refractivity contribution in [2.24, 2.45) is 5.92 Å². The number of rotatable bonds is 5. The lowest BCUT2D eigenvalue weighted by Crippen LogP contribution is -2.46. The number of anilines is 1. The fourth-order valence-corrected chi connectivity index (χ4v) is 6.66. The van der Waals surface area contributed by atoms with Crippen LogP contribution in [0.3, 0.4) is 0 Å². The van der Waals surface area contributed by atoms with Crippen LogP contribution in [-0.2, 0) is 29.6 Å². The van der Waals surface area contributed by atoms with Crippen molar-refractivity contribution >= 4 is 37.7 Å². The number of nitrogens with zero attached hydrogens (tertiary/aromatic N) is 2. The molecule has 30 heavy (non-hydrogen) atoms. The van der Waals surface area contributed by atoms with Crippen molar-refractivity contribution in [1.82, 2.24) is 9.62 Å². The molecule has 10 nitrogen and oxygen atoms in total. The Morgan fingerprint density at radius 1 is 1.20 bits per heavy atom. The second-order valence-corrected chi connectivity index (χ2v) is 10.9. The summed E-state index contributed by atoms with van der Waals surface area (Å²) in [5, 5.41) is 0. The molecule has 2 aliphatic rings. The highest BCUT2D eigenvalue weighted by Gasteiger charge is 2.42. The number of benzene rings is 1. The van der Waals surface area contributed by atoms with E-state index in [1.807, 2.05) is 0 Å². The average molecular weight is 460 g/mol. The van der Waals surface area contributed by atoms with Crippen molar-refractivity contribution in [2.45, 2.75) is 37.6 Å². The topological polar surface area (TPSA) is 130 Å². The second kappa shape index (κ2) is 8.52. The van der Waals surface area contributed by atoms with E-state index in [4.69, 9.17) is 4.74 Å². The molecule has 1 aromatic rings. The number of ether oxygens (including phenoxy) is 1. The van der Waals surface area contributed by atoms with Gasteiger partial charge in [-0.1, -0.05) is 6.92 Å². The summed E-state index contributed by atoms with van der Waals surface area (Å²) < 4.78 is 58.0. The van der Waals surface area contributed by atoms with Gasteiger partial charge < -0.3 is 9.64 Å². The first kappa shape index (κ1) is 22.5. The minimum atomic E-state index is -3.84. The number of sulfonamides is 2. The molecule has 0 spiro atoms. The highest BCUT2D eigenvalue weighted by atomic mass is 32.2. The molecule has 166 valence electrons. The quantitative estimate of drug-likeness (QED) is 0.692. The number of piperidine rings is 1. The zero-order valence-corrected chi connectivity index (χ0v) is 18.4. The van der Waals surface area contributed by atoms with Gasteiger partial charge in [0, 0.05) is 19.1 Å². The van der Waals surface area contributed by atoms with Gasteiger partial charge in [0.25, 0.3) is 0 Å². The Hall–Kier alpha value is -2.18. The van der Waals surface area contributed by atoms with Crippen molar-refractivity contribution in [3.8, 4) is 0 Å². The van der Waals surface area contributed by atoms with E-state index >= 15 is 0 Å². The summed E-state index contributed by atoms with van der Waals surface area (Å²) in [5.74, 6) is -1.43. The molecule has 3 rings (SSSR count). The molecule has 2 amide bonds. The maximum Gasteiger partial charge on any atom is 0.409 e. The monoisotopic (exact) mass is 459 g/mol. The standard InChI is InChI=1S/C18H25N3O7S2/c1-3-28-18(23)20-10-8-14(9-11-20)19-30(26,27)16-6-4-15(5-7-16)21-17(22)13(2)12-29(21,24)25/h4-7,13-14,19H,3,8-12H2,1-2H3/t13-/m1/s1. The van der Waals surface area contributed by atoms with Crippen LogP contribution in [0.25, 0.3) is 0 Å². The highest BCUT2D eigenvalue weighted by molar-refractivity contribution is 7.94. The molecule has 2 heterocycles. The largest absolute Gasteiger partial charge is 0.450 e. The molecule has 0 bridgehead atoms. The van der Waals surface area contributed by atoms with Gasteiger partial charge in [0.05, 0.1) is 28.9 Å². The Labute approximate surface area is 176 Å². The van der Waals surface area contributed by atoms with Crippen molar-refractivity contribution in [3.63, 3.8) is 0 Å². The third-order valence-corrected chi connectivity index (χ3v) is 8.49. The number of hydrogen-bond acceptors (Lipinski definition) is 7. The van der Waals surface area contributed by atoms with Gasteiger partial charge >= 0.3 is 6.09 Å². The van der Waals surface area contributed by atoms with Crippen LogP contribution in [0.1, 0.15) is 26.7 Å². The minimum absolute atomic E-state index is 0.0313. The van der Waals surface area contributed by atoms with E-state index in [-0.39, 0.29) is 29.0 Å². The number of carbonyl (C=O) groups excluding carboxylic acids is 2.